The van der Waals surface area contributed by atoms with Crippen molar-refractivity contribution in [3.05, 3.63) is 93.2 Å². The van der Waals surface area contributed by atoms with Gasteiger partial charge in [-0.15, -0.1) is 5.10 Å². The van der Waals surface area contributed by atoms with Gasteiger partial charge in [0.2, 0.25) is 5.91 Å². The van der Waals surface area contributed by atoms with Crippen molar-refractivity contribution in [1.29, 1.82) is 0 Å². The molecule has 1 aliphatic rings. The third-order valence-corrected chi connectivity index (χ3v) is 6.75. The number of amides is 1. The maximum absolute atomic E-state index is 13.6. The molecule has 0 spiro atoms. The smallest absolute Gasteiger partial charge is 0.254 e. The summed E-state index contributed by atoms with van der Waals surface area (Å²) in [6.07, 6.45) is 6.47. The Balaban J connectivity index is 1.54. The predicted molar refractivity (Wildman–Crippen MR) is 138 cm³/mol. The van der Waals surface area contributed by atoms with Gasteiger partial charge in [0, 0.05) is 36.2 Å². The Kier molecular flexibility index (Phi) is 7.16. The summed E-state index contributed by atoms with van der Waals surface area (Å²) < 4.78 is 2.93. The monoisotopic (exact) mass is 522 g/mol. The molecule has 184 valence electrons. The van der Waals surface area contributed by atoms with Gasteiger partial charge < -0.3 is 4.90 Å². The Morgan fingerprint density at radius 1 is 1.00 bits per heavy atom. The van der Waals surface area contributed by atoms with E-state index in [-0.39, 0.29) is 16.6 Å². The van der Waals surface area contributed by atoms with Crippen LogP contribution in [0.25, 0.3) is 16.9 Å². The van der Waals surface area contributed by atoms with Crippen molar-refractivity contribution >= 4 is 29.1 Å². The van der Waals surface area contributed by atoms with Crippen LogP contribution in [0.5, 0.6) is 0 Å². The summed E-state index contributed by atoms with van der Waals surface area (Å²) in [5, 5.41) is 8.56. The van der Waals surface area contributed by atoms with E-state index in [1.165, 1.54) is 21.6 Å². The van der Waals surface area contributed by atoms with Crippen LogP contribution in [0.3, 0.4) is 0 Å². The Morgan fingerprint density at radius 3 is 2.47 bits per heavy atom. The largest absolute Gasteiger partial charge is 0.341 e. The minimum absolute atomic E-state index is 0.0593. The zero-order valence-electron chi connectivity index (χ0n) is 19.4. The molecule has 10 heteroatoms. The van der Waals surface area contributed by atoms with Crippen LogP contribution in [0.15, 0.2) is 71.9 Å². The van der Waals surface area contributed by atoms with Gasteiger partial charge in [-0.1, -0.05) is 58.7 Å². The predicted octanol–water partition coefficient (Wildman–Crippen LogP) is 4.59. The highest BCUT2D eigenvalue weighted by Gasteiger charge is 2.28. The van der Waals surface area contributed by atoms with Crippen LogP contribution in [0, 0.1) is 0 Å². The average Bonchev–Trinajstić information content (AvgIpc) is 3.34. The van der Waals surface area contributed by atoms with E-state index in [0.717, 1.165) is 24.8 Å². The van der Waals surface area contributed by atoms with Gasteiger partial charge >= 0.3 is 0 Å². The number of carbonyl (C=O) groups excluding carboxylic acids is 1. The Labute approximate surface area is 218 Å². The van der Waals surface area contributed by atoms with Crippen molar-refractivity contribution in [3.63, 3.8) is 0 Å². The molecule has 1 unspecified atom stereocenters. The molecule has 0 N–H and O–H groups in total. The number of hydrogen-bond donors (Lipinski definition) is 0. The molecule has 0 radical (unpaired) electrons. The number of nitrogens with zero attached hydrogens (tertiary/aromatic N) is 6. The van der Waals surface area contributed by atoms with Crippen LogP contribution in [-0.2, 0) is 11.2 Å². The number of carbonyl (C=O) groups is 1. The topological polar surface area (TPSA) is 85.9 Å². The first-order chi connectivity index (χ1) is 17.5. The highest BCUT2D eigenvalue weighted by Crippen LogP contribution is 2.28. The highest BCUT2D eigenvalue weighted by molar-refractivity contribution is 6.31. The van der Waals surface area contributed by atoms with Gasteiger partial charge in [0.15, 0.2) is 5.15 Å². The lowest BCUT2D eigenvalue weighted by Crippen LogP contribution is -2.43. The van der Waals surface area contributed by atoms with Crippen LogP contribution in [0.4, 0.5) is 0 Å². The summed E-state index contributed by atoms with van der Waals surface area (Å²) in [6, 6.07) is 15.6. The van der Waals surface area contributed by atoms with Crippen molar-refractivity contribution in [3.8, 4) is 16.9 Å². The number of halogens is 2. The fraction of sp³-hybridized carbons (Fsp3) is 0.269. The number of benzene rings is 2. The fourth-order valence-corrected chi connectivity index (χ4v) is 4.83. The number of aromatic nitrogens is 5. The number of hydrogen-bond acceptors (Lipinski definition) is 5. The fourth-order valence-electron chi connectivity index (χ4n) is 4.53. The lowest BCUT2D eigenvalue weighted by Gasteiger charge is -2.31. The third-order valence-electron chi connectivity index (χ3n) is 6.34. The molecule has 3 heterocycles. The van der Waals surface area contributed by atoms with Crippen LogP contribution >= 0.6 is 23.2 Å². The van der Waals surface area contributed by atoms with E-state index < -0.39 is 6.04 Å². The quantitative estimate of drug-likeness (QED) is 0.369. The summed E-state index contributed by atoms with van der Waals surface area (Å²) in [7, 11) is 0. The first-order valence-corrected chi connectivity index (χ1v) is 12.5. The van der Waals surface area contributed by atoms with Crippen LogP contribution in [0.2, 0.25) is 10.2 Å². The van der Waals surface area contributed by atoms with Crippen LogP contribution < -0.4 is 5.56 Å². The Bertz CT molecular complexity index is 1430. The molecular formula is C26H24Cl2N6O2. The molecule has 2 aromatic carbocycles. The van der Waals surface area contributed by atoms with E-state index in [9.17, 15) is 9.59 Å². The normalized spacial score (nSPS) is 14.6. The minimum atomic E-state index is -0.687. The van der Waals surface area contributed by atoms with Crippen LogP contribution in [-0.4, -0.2) is 48.4 Å². The summed E-state index contributed by atoms with van der Waals surface area (Å²) in [4.78, 5) is 33.5. The van der Waals surface area contributed by atoms with Gasteiger partial charge in [-0.2, -0.15) is 0 Å². The lowest BCUT2D eigenvalue weighted by molar-refractivity contribution is -0.135. The van der Waals surface area contributed by atoms with Crippen molar-refractivity contribution in [2.24, 2.45) is 0 Å². The summed E-state index contributed by atoms with van der Waals surface area (Å²) in [5.41, 5.74) is 2.27. The molecule has 8 nitrogen and oxygen atoms in total. The second kappa shape index (κ2) is 10.6. The minimum Gasteiger partial charge on any atom is -0.341 e. The third kappa shape index (κ3) is 5.20. The van der Waals surface area contributed by atoms with Crippen molar-refractivity contribution in [2.45, 2.75) is 31.7 Å². The second-order valence-corrected chi connectivity index (χ2v) is 9.58. The lowest BCUT2D eigenvalue weighted by atomic mass is 10.0. The Hall–Kier alpha value is -3.49. The maximum atomic E-state index is 13.6. The first-order valence-electron chi connectivity index (χ1n) is 11.8. The SMILES string of the molecule is O=C(C(Cc1ccccc1)n1cnc(-c2cc(Cl)ccc2-n2cc(Cl)nn2)cc1=O)N1CCCCC1. The van der Waals surface area contributed by atoms with Crippen molar-refractivity contribution in [2.75, 3.05) is 13.1 Å². The standard InChI is InChI=1S/C26H24Cl2N6O2/c27-19-9-10-22(34-16-24(28)30-31-34)20(14-19)21-15-25(35)33(17-29-21)23(13-18-7-3-1-4-8-18)26(36)32-11-5-2-6-12-32/h1,3-4,7-10,14-17,23H,2,5-6,11-13H2. The maximum Gasteiger partial charge on any atom is 0.254 e. The molecular weight excluding hydrogens is 499 g/mol. The molecule has 5 rings (SSSR count). The number of piperidine rings is 1. The van der Waals surface area contributed by atoms with Gasteiger partial charge in [-0.3, -0.25) is 14.2 Å². The van der Waals surface area contributed by atoms with E-state index in [1.807, 2.05) is 35.2 Å². The van der Waals surface area contributed by atoms with E-state index in [2.05, 4.69) is 15.3 Å². The van der Waals surface area contributed by atoms with Gasteiger partial charge in [0.1, 0.15) is 6.04 Å². The van der Waals surface area contributed by atoms with Crippen molar-refractivity contribution < 1.29 is 4.79 Å². The van der Waals surface area contributed by atoms with E-state index >= 15 is 0 Å². The zero-order chi connectivity index (χ0) is 25.1. The molecule has 4 aromatic rings. The van der Waals surface area contributed by atoms with E-state index in [4.69, 9.17) is 23.2 Å². The van der Waals surface area contributed by atoms with Gasteiger partial charge in [-0.25, -0.2) is 9.67 Å². The van der Waals surface area contributed by atoms with Crippen LogP contribution in [0.1, 0.15) is 30.9 Å². The molecule has 1 fully saturated rings. The summed E-state index contributed by atoms with van der Waals surface area (Å²) in [5.74, 6) is -0.0593. The van der Waals surface area contributed by atoms with Gasteiger partial charge in [-0.05, 0) is 43.0 Å². The summed E-state index contributed by atoms with van der Waals surface area (Å²) in [6.45, 7) is 1.41. The number of rotatable bonds is 6. The first kappa shape index (κ1) is 24.2. The molecule has 36 heavy (non-hydrogen) atoms. The second-order valence-electron chi connectivity index (χ2n) is 8.76. The average molecular weight is 523 g/mol. The molecule has 1 atom stereocenters. The molecule has 1 saturated heterocycles. The zero-order valence-corrected chi connectivity index (χ0v) is 20.9. The highest BCUT2D eigenvalue weighted by atomic mass is 35.5. The molecule has 0 aliphatic carbocycles. The van der Waals surface area contributed by atoms with Gasteiger partial charge in [0.05, 0.1) is 23.9 Å². The molecule has 1 amide bonds. The van der Waals surface area contributed by atoms with E-state index in [1.54, 1.807) is 24.4 Å². The molecule has 0 saturated carbocycles. The summed E-state index contributed by atoms with van der Waals surface area (Å²) >= 11 is 12.2. The van der Waals surface area contributed by atoms with Gasteiger partial charge in [0.25, 0.3) is 5.56 Å². The Morgan fingerprint density at radius 2 is 1.78 bits per heavy atom. The molecule has 1 aliphatic heterocycles. The number of likely N-dealkylation sites (tertiary alicyclic amines) is 1. The molecule has 2 aromatic heterocycles. The van der Waals surface area contributed by atoms with Crippen molar-refractivity contribution in [1.82, 2.24) is 29.4 Å². The molecule has 0 bridgehead atoms. The van der Waals surface area contributed by atoms with E-state index in [0.29, 0.717) is 41.5 Å².